The van der Waals surface area contributed by atoms with Crippen molar-refractivity contribution in [3.8, 4) is 5.75 Å². The smallest absolute Gasteiger partial charge is 0.138 e. The molecule has 3 rings (SSSR count). The molecule has 0 saturated heterocycles. The normalized spacial score (nSPS) is 11.0. The highest BCUT2D eigenvalue weighted by Gasteiger charge is 2.10. The number of hydrogen-bond donors (Lipinski definition) is 1. The van der Waals surface area contributed by atoms with E-state index in [0.29, 0.717) is 6.54 Å². The van der Waals surface area contributed by atoms with E-state index in [2.05, 4.69) is 33.8 Å². The van der Waals surface area contributed by atoms with Crippen LogP contribution in [0.2, 0.25) is 0 Å². The predicted octanol–water partition coefficient (Wildman–Crippen LogP) is 2.96. The Kier molecular flexibility index (Phi) is 3.73. The van der Waals surface area contributed by atoms with Crippen molar-refractivity contribution in [3.05, 3.63) is 54.6 Å². The van der Waals surface area contributed by atoms with Crippen LogP contribution in [0.5, 0.6) is 5.75 Å². The number of aromatic nitrogens is 3. The van der Waals surface area contributed by atoms with Crippen LogP contribution in [0.25, 0.3) is 10.8 Å². The summed E-state index contributed by atoms with van der Waals surface area (Å²) in [6, 6.07) is 12.4. The standard InChI is InChI=1S/C16H18N4O/c1-12(2)21-16-8-7-13-5-3-4-6-14(13)15(16)9-19-20-10-17-18-11-20/h3-8,10-12,19H,9H2,1-2H3. The van der Waals surface area contributed by atoms with Crippen LogP contribution < -0.4 is 10.2 Å². The van der Waals surface area contributed by atoms with Gasteiger partial charge in [0, 0.05) is 5.56 Å². The van der Waals surface area contributed by atoms with Crippen LogP contribution in [0, 0.1) is 0 Å². The fourth-order valence-corrected chi connectivity index (χ4v) is 2.32. The lowest BCUT2D eigenvalue weighted by Crippen LogP contribution is -2.15. The molecule has 5 nitrogen and oxygen atoms in total. The van der Waals surface area contributed by atoms with Gasteiger partial charge in [-0.25, -0.2) is 4.68 Å². The van der Waals surface area contributed by atoms with Gasteiger partial charge in [-0.05, 0) is 30.7 Å². The molecular formula is C16H18N4O. The summed E-state index contributed by atoms with van der Waals surface area (Å²) in [6.07, 6.45) is 3.40. The fraction of sp³-hybridized carbons (Fsp3) is 0.250. The van der Waals surface area contributed by atoms with Crippen molar-refractivity contribution in [1.29, 1.82) is 0 Å². The largest absolute Gasteiger partial charge is 0.491 e. The Morgan fingerprint density at radius 2 is 1.86 bits per heavy atom. The monoisotopic (exact) mass is 282 g/mol. The molecule has 1 aromatic heterocycles. The highest BCUT2D eigenvalue weighted by atomic mass is 16.5. The maximum Gasteiger partial charge on any atom is 0.138 e. The van der Waals surface area contributed by atoms with Crippen LogP contribution in [-0.4, -0.2) is 21.0 Å². The summed E-state index contributed by atoms with van der Waals surface area (Å²) in [5.41, 5.74) is 4.39. The van der Waals surface area contributed by atoms with Gasteiger partial charge in [0.2, 0.25) is 0 Å². The van der Waals surface area contributed by atoms with E-state index in [4.69, 9.17) is 4.74 Å². The first kappa shape index (κ1) is 13.4. The van der Waals surface area contributed by atoms with E-state index in [1.807, 2.05) is 32.0 Å². The van der Waals surface area contributed by atoms with Crippen LogP contribution in [0.4, 0.5) is 0 Å². The second-order valence-corrected chi connectivity index (χ2v) is 5.13. The van der Waals surface area contributed by atoms with Crippen molar-refractivity contribution >= 4 is 10.8 Å². The Balaban J connectivity index is 1.98. The molecule has 0 bridgehead atoms. The van der Waals surface area contributed by atoms with Crippen LogP contribution in [0.15, 0.2) is 49.1 Å². The van der Waals surface area contributed by atoms with Crippen molar-refractivity contribution in [2.75, 3.05) is 5.43 Å². The van der Waals surface area contributed by atoms with E-state index >= 15 is 0 Å². The highest BCUT2D eigenvalue weighted by Crippen LogP contribution is 2.29. The molecular weight excluding hydrogens is 264 g/mol. The zero-order valence-electron chi connectivity index (χ0n) is 12.2. The summed E-state index contributed by atoms with van der Waals surface area (Å²) < 4.78 is 7.68. The Morgan fingerprint density at radius 1 is 1.10 bits per heavy atom. The Bertz CT molecular complexity index is 722. The van der Waals surface area contributed by atoms with Gasteiger partial charge in [0.15, 0.2) is 0 Å². The molecule has 1 heterocycles. The van der Waals surface area contributed by atoms with Gasteiger partial charge in [-0.3, -0.25) is 0 Å². The van der Waals surface area contributed by atoms with Crippen molar-refractivity contribution in [2.24, 2.45) is 0 Å². The van der Waals surface area contributed by atoms with Crippen LogP contribution >= 0.6 is 0 Å². The predicted molar refractivity (Wildman–Crippen MR) is 82.8 cm³/mol. The third kappa shape index (κ3) is 2.97. The number of fused-ring (bicyclic) bond motifs is 1. The summed E-state index contributed by atoms with van der Waals surface area (Å²) in [6.45, 7) is 4.71. The lowest BCUT2D eigenvalue weighted by molar-refractivity contribution is 0.240. The number of rotatable bonds is 5. The minimum Gasteiger partial charge on any atom is -0.491 e. The molecule has 0 radical (unpaired) electrons. The van der Waals surface area contributed by atoms with E-state index in [-0.39, 0.29) is 6.10 Å². The maximum absolute atomic E-state index is 5.94. The second kappa shape index (κ2) is 5.83. The third-order valence-electron chi connectivity index (χ3n) is 3.22. The fourth-order valence-electron chi connectivity index (χ4n) is 2.32. The van der Waals surface area contributed by atoms with Crippen molar-refractivity contribution in [3.63, 3.8) is 0 Å². The first-order valence-electron chi connectivity index (χ1n) is 7.00. The molecule has 0 fully saturated rings. The molecule has 0 saturated carbocycles. The van der Waals surface area contributed by atoms with E-state index in [0.717, 1.165) is 11.3 Å². The first-order valence-corrected chi connectivity index (χ1v) is 7.00. The lowest BCUT2D eigenvalue weighted by Gasteiger charge is -2.17. The Labute approximate surface area is 123 Å². The average molecular weight is 282 g/mol. The molecule has 0 aliphatic rings. The van der Waals surface area contributed by atoms with E-state index < -0.39 is 0 Å². The zero-order valence-corrected chi connectivity index (χ0v) is 12.2. The quantitative estimate of drug-likeness (QED) is 0.781. The topological polar surface area (TPSA) is 52.0 Å². The molecule has 5 heteroatoms. The SMILES string of the molecule is CC(C)Oc1ccc2ccccc2c1CNn1cnnc1. The minimum atomic E-state index is 0.139. The molecule has 0 unspecified atom stereocenters. The molecule has 108 valence electrons. The van der Waals surface area contributed by atoms with Crippen LogP contribution in [-0.2, 0) is 6.54 Å². The van der Waals surface area contributed by atoms with Gasteiger partial charge in [0.05, 0.1) is 12.6 Å². The third-order valence-corrected chi connectivity index (χ3v) is 3.22. The first-order chi connectivity index (χ1) is 10.2. The van der Waals surface area contributed by atoms with Gasteiger partial charge in [-0.15, -0.1) is 10.2 Å². The van der Waals surface area contributed by atoms with Crippen molar-refractivity contribution < 1.29 is 4.74 Å². The van der Waals surface area contributed by atoms with E-state index in [9.17, 15) is 0 Å². The Hall–Kier alpha value is -2.56. The van der Waals surface area contributed by atoms with Gasteiger partial charge >= 0.3 is 0 Å². The van der Waals surface area contributed by atoms with Crippen LogP contribution in [0.1, 0.15) is 19.4 Å². The van der Waals surface area contributed by atoms with Gasteiger partial charge in [0.25, 0.3) is 0 Å². The molecule has 1 N–H and O–H groups in total. The molecule has 0 aliphatic carbocycles. The lowest BCUT2D eigenvalue weighted by atomic mass is 10.0. The second-order valence-electron chi connectivity index (χ2n) is 5.13. The molecule has 0 atom stereocenters. The van der Waals surface area contributed by atoms with Crippen molar-refractivity contribution in [2.45, 2.75) is 26.5 Å². The Morgan fingerprint density at radius 3 is 2.62 bits per heavy atom. The van der Waals surface area contributed by atoms with E-state index in [1.54, 1.807) is 17.3 Å². The summed E-state index contributed by atoms with van der Waals surface area (Å²) in [5.74, 6) is 0.907. The average Bonchev–Trinajstić information content (AvgIpc) is 2.99. The van der Waals surface area contributed by atoms with Gasteiger partial charge in [-0.1, -0.05) is 30.3 Å². The molecule has 2 aromatic carbocycles. The van der Waals surface area contributed by atoms with Crippen molar-refractivity contribution in [1.82, 2.24) is 14.9 Å². The molecule has 3 aromatic rings. The number of hydrogen-bond acceptors (Lipinski definition) is 4. The van der Waals surface area contributed by atoms with Gasteiger partial charge in [0.1, 0.15) is 18.4 Å². The van der Waals surface area contributed by atoms with Crippen LogP contribution in [0.3, 0.4) is 0 Å². The number of nitrogens with zero attached hydrogens (tertiary/aromatic N) is 3. The molecule has 21 heavy (non-hydrogen) atoms. The van der Waals surface area contributed by atoms with E-state index in [1.165, 1.54) is 10.8 Å². The van der Waals surface area contributed by atoms with Gasteiger partial charge in [-0.2, -0.15) is 0 Å². The molecule has 0 spiro atoms. The summed E-state index contributed by atoms with van der Waals surface area (Å²) in [4.78, 5) is 0. The zero-order chi connectivity index (χ0) is 14.7. The number of nitrogens with one attached hydrogen (secondary N) is 1. The minimum absolute atomic E-state index is 0.139. The number of ether oxygens (including phenoxy) is 1. The molecule has 0 aliphatic heterocycles. The summed E-state index contributed by atoms with van der Waals surface area (Å²) in [7, 11) is 0. The molecule has 0 amide bonds. The summed E-state index contributed by atoms with van der Waals surface area (Å²) >= 11 is 0. The van der Waals surface area contributed by atoms with Gasteiger partial charge < -0.3 is 10.2 Å². The summed E-state index contributed by atoms with van der Waals surface area (Å²) in [5, 5.41) is 9.97. The maximum atomic E-state index is 5.94. The highest BCUT2D eigenvalue weighted by molar-refractivity contribution is 5.87. The number of benzene rings is 2.